The van der Waals surface area contributed by atoms with Crippen LogP contribution >= 0.6 is 23.2 Å². The summed E-state index contributed by atoms with van der Waals surface area (Å²) in [5, 5.41) is 0.843. The number of carbonyl (C=O) groups excluding carboxylic acids is 1. The quantitative estimate of drug-likeness (QED) is 0.683. The van der Waals surface area contributed by atoms with Gasteiger partial charge in [-0.15, -0.1) is 0 Å². The Bertz CT molecular complexity index is 493. The van der Waals surface area contributed by atoms with E-state index in [-0.39, 0.29) is 19.0 Å². The molecule has 0 aromatic heterocycles. The number of aryl methyl sites for hydroxylation is 1. The van der Waals surface area contributed by atoms with Gasteiger partial charge in [0, 0.05) is 0 Å². The maximum absolute atomic E-state index is 11.6. The molecule has 0 spiro atoms. The van der Waals surface area contributed by atoms with Crippen molar-refractivity contribution < 1.29 is 14.3 Å². The van der Waals surface area contributed by atoms with Gasteiger partial charge < -0.3 is 9.47 Å². The monoisotopic (exact) mass is 332 g/mol. The molecule has 21 heavy (non-hydrogen) atoms. The summed E-state index contributed by atoms with van der Waals surface area (Å²) in [5.41, 5.74) is 0.582. The summed E-state index contributed by atoms with van der Waals surface area (Å²) in [6.45, 7) is 7.79. The molecule has 1 aromatic carbocycles. The molecule has 0 bridgehead atoms. The Morgan fingerprint density at radius 1 is 1.24 bits per heavy atom. The van der Waals surface area contributed by atoms with Crippen molar-refractivity contribution in [3.05, 3.63) is 27.7 Å². The standard InChI is InChI=1S/C16H22Cl2O3/c1-5-6-11-9-12(17)15(18)13(10-11)20-8-7-14(19)21-16(2,3)4/h9-10H,5-8H2,1-4H3. The molecule has 5 heteroatoms. The largest absolute Gasteiger partial charge is 0.491 e. The third kappa shape index (κ3) is 6.58. The number of hydrogen-bond donors (Lipinski definition) is 0. The van der Waals surface area contributed by atoms with Crippen molar-refractivity contribution in [2.45, 2.75) is 52.6 Å². The average molecular weight is 333 g/mol. The summed E-state index contributed by atoms with van der Waals surface area (Å²) < 4.78 is 10.8. The fourth-order valence-electron chi connectivity index (χ4n) is 1.79. The van der Waals surface area contributed by atoms with Crippen LogP contribution in [0, 0.1) is 0 Å². The van der Waals surface area contributed by atoms with Gasteiger partial charge in [-0.3, -0.25) is 4.79 Å². The second-order valence-corrected chi connectivity index (χ2v) is 6.61. The Hall–Kier alpha value is -0.930. The first kappa shape index (κ1) is 18.1. The topological polar surface area (TPSA) is 35.5 Å². The van der Waals surface area contributed by atoms with Crippen LogP contribution in [0.1, 0.15) is 46.1 Å². The van der Waals surface area contributed by atoms with Gasteiger partial charge in [-0.2, -0.15) is 0 Å². The molecule has 118 valence electrons. The lowest BCUT2D eigenvalue weighted by molar-refractivity contribution is -0.155. The highest BCUT2D eigenvalue weighted by Gasteiger charge is 2.16. The highest BCUT2D eigenvalue weighted by Crippen LogP contribution is 2.34. The normalized spacial score (nSPS) is 11.3. The summed E-state index contributed by atoms with van der Waals surface area (Å²) in [6.07, 6.45) is 2.08. The van der Waals surface area contributed by atoms with Gasteiger partial charge in [-0.25, -0.2) is 0 Å². The molecule has 0 unspecified atom stereocenters. The van der Waals surface area contributed by atoms with Crippen molar-refractivity contribution in [3.63, 3.8) is 0 Å². The maximum Gasteiger partial charge on any atom is 0.309 e. The summed E-state index contributed by atoms with van der Waals surface area (Å²) in [5.74, 6) is 0.214. The number of esters is 1. The Kier molecular flexibility index (Phi) is 6.82. The van der Waals surface area contributed by atoms with E-state index in [4.69, 9.17) is 32.7 Å². The van der Waals surface area contributed by atoms with Crippen LogP contribution in [-0.4, -0.2) is 18.2 Å². The van der Waals surface area contributed by atoms with Gasteiger partial charge in [-0.1, -0.05) is 36.5 Å². The fraction of sp³-hybridized carbons (Fsp3) is 0.562. The second kappa shape index (κ2) is 7.90. The predicted octanol–water partition coefficient (Wildman–Crippen LogP) is 5.06. The second-order valence-electron chi connectivity index (χ2n) is 5.82. The average Bonchev–Trinajstić information content (AvgIpc) is 2.33. The van der Waals surface area contributed by atoms with Crippen LogP contribution in [0.15, 0.2) is 12.1 Å². The van der Waals surface area contributed by atoms with E-state index in [9.17, 15) is 4.79 Å². The lowest BCUT2D eigenvalue weighted by atomic mass is 10.1. The third-order valence-electron chi connectivity index (χ3n) is 2.58. The zero-order valence-corrected chi connectivity index (χ0v) is 14.5. The molecule has 0 radical (unpaired) electrons. The lowest BCUT2D eigenvalue weighted by Gasteiger charge is -2.19. The zero-order chi connectivity index (χ0) is 16.0. The van der Waals surface area contributed by atoms with Gasteiger partial charge >= 0.3 is 5.97 Å². The van der Waals surface area contributed by atoms with Crippen molar-refractivity contribution in [2.75, 3.05) is 6.61 Å². The van der Waals surface area contributed by atoms with Crippen LogP contribution in [0.25, 0.3) is 0 Å². The number of rotatable bonds is 6. The Labute approximate surface area is 136 Å². The molecule has 0 saturated carbocycles. The molecule has 1 rings (SSSR count). The van der Waals surface area contributed by atoms with Crippen LogP contribution in [0.3, 0.4) is 0 Å². The molecule has 0 saturated heterocycles. The fourth-order valence-corrected chi connectivity index (χ4v) is 2.19. The van der Waals surface area contributed by atoms with Crippen LogP contribution in [-0.2, 0) is 16.0 Å². The van der Waals surface area contributed by atoms with Crippen LogP contribution < -0.4 is 4.74 Å². The van der Waals surface area contributed by atoms with E-state index < -0.39 is 5.60 Å². The molecule has 0 fully saturated rings. The van der Waals surface area contributed by atoms with Gasteiger partial charge in [0.05, 0.1) is 18.1 Å². The number of hydrogen-bond acceptors (Lipinski definition) is 3. The first-order valence-corrected chi connectivity index (χ1v) is 7.81. The van der Waals surface area contributed by atoms with Crippen molar-refractivity contribution >= 4 is 29.2 Å². The number of ether oxygens (including phenoxy) is 2. The van der Waals surface area contributed by atoms with Crippen LogP contribution in [0.5, 0.6) is 5.75 Å². The smallest absolute Gasteiger partial charge is 0.309 e. The summed E-state index contributed by atoms with van der Waals surface area (Å²) in [6, 6.07) is 3.71. The van der Waals surface area contributed by atoms with E-state index in [2.05, 4.69) is 6.92 Å². The number of halogens is 2. The molecule has 0 aliphatic carbocycles. The molecule has 0 heterocycles. The van der Waals surface area contributed by atoms with Crippen LogP contribution in [0.4, 0.5) is 0 Å². The van der Waals surface area contributed by atoms with E-state index in [0.717, 1.165) is 18.4 Å². The molecule has 0 N–H and O–H groups in total. The molecule has 3 nitrogen and oxygen atoms in total. The third-order valence-corrected chi connectivity index (χ3v) is 3.36. The molecular weight excluding hydrogens is 311 g/mol. The SMILES string of the molecule is CCCc1cc(Cl)c(Cl)c(OCCC(=O)OC(C)(C)C)c1. The molecule has 0 atom stereocenters. The molecular formula is C16H22Cl2O3. The van der Waals surface area contributed by atoms with E-state index in [1.54, 1.807) is 0 Å². The van der Waals surface area contributed by atoms with Gasteiger partial charge in [-0.05, 0) is 44.9 Å². The molecule has 0 aliphatic heterocycles. The van der Waals surface area contributed by atoms with Crippen molar-refractivity contribution in [1.29, 1.82) is 0 Å². The van der Waals surface area contributed by atoms with Gasteiger partial charge in [0.15, 0.2) is 0 Å². The predicted molar refractivity (Wildman–Crippen MR) is 86.4 cm³/mol. The minimum atomic E-state index is -0.487. The van der Waals surface area contributed by atoms with Crippen molar-refractivity contribution in [2.24, 2.45) is 0 Å². The minimum Gasteiger partial charge on any atom is -0.491 e. The molecule has 1 aromatic rings. The van der Waals surface area contributed by atoms with Crippen molar-refractivity contribution in [1.82, 2.24) is 0 Å². The van der Waals surface area contributed by atoms with Gasteiger partial charge in [0.1, 0.15) is 16.4 Å². The van der Waals surface area contributed by atoms with E-state index >= 15 is 0 Å². The maximum atomic E-state index is 11.6. The minimum absolute atomic E-state index is 0.170. The van der Waals surface area contributed by atoms with E-state index in [1.165, 1.54) is 0 Å². The Morgan fingerprint density at radius 2 is 1.90 bits per heavy atom. The number of carbonyl (C=O) groups is 1. The Balaban J connectivity index is 2.61. The van der Waals surface area contributed by atoms with Crippen molar-refractivity contribution in [3.8, 4) is 5.75 Å². The highest BCUT2D eigenvalue weighted by atomic mass is 35.5. The summed E-state index contributed by atoms with van der Waals surface area (Å²) >= 11 is 12.2. The van der Waals surface area contributed by atoms with E-state index in [1.807, 2.05) is 32.9 Å². The summed E-state index contributed by atoms with van der Waals surface area (Å²) in [4.78, 5) is 11.6. The molecule has 0 aliphatic rings. The van der Waals surface area contributed by atoms with Gasteiger partial charge in [0.2, 0.25) is 0 Å². The van der Waals surface area contributed by atoms with Gasteiger partial charge in [0.25, 0.3) is 0 Å². The van der Waals surface area contributed by atoms with Crippen LogP contribution in [0.2, 0.25) is 10.0 Å². The first-order chi connectivity index (χ1) is 9.73. The Morgan fingerprint density at radius 3 is 2.48 bits per heavy atom. The first-order valence-electron chi connectivity index (χ1n) is 7.05. The highest BCUT2D eigenvalue weighted by molar-refractivity contribution is 6.43. The zero-order valence-electron chi connectivity index (χ0n) is 13.0. The number of benzene rings is 1. The molecule has 0 amide bonds. The lowest BCUT2D eigenvalue weighted by Crippen LogP contribution is -2.24. The summed E-state index contributed by atoms with van der Waals surface area (Å²) in [7, 11) is 0. The van der Waals surface area contributed by atoms with E-state index in [0.29, 0.717) is 15.8 Å².